The van der Waals surface area contributed by atoms with Crippen LogP contribution in [0.1, 0.15) is 63.6 Å². The maximum atomic E-state index is 3.57. The Labute approximate surface area is 134 Å². The van der Waals surface area contributed by atoms with Crippen LogP contribution >= 0.6 is 11.3 Å². The molecule has 0 saturated carbocycles. The zero-order valence-corrected chi connectivity index (χ0v) is 15.3. The summed E-state index contributed by atoms with van der Waals surface area (Å²) in [6, 6.07) is 4.62. The van der Waals surface area contributed by atoms with Gasteiger partial charge in [-0.25, -0.2) is 0 Å². The van der Waals surface area contributed by atoms with Crippen molar-refractivity contribution in [2.24, 2.45) is 5.41 Å². The van der Waals surface area contributed by atoms with Crippen molar-refractivity contribution in [1.29, 1.82) is 0 Å². The number of hydrogen-bond donors (Lipinski definition) is 1. The second-order valence-corrected chi connectivity index (χ2v) is 8.89. The van der Waals surface area contributed by atoms with Crippen molar-refractivity contribution < 1.29 is 0 Å². The fourth-order valence-electron chi connectivity index (χ4n) is 3.16. The molecule has 1 aromatic rings. The summed E-state index contributed by atoms with van der Waals surface area (Å²) in [4.78, 5) is 5.62. The molecule has 2 rings (SSSR count). The maximum Gasteiger partial charge on any atom is 0.0328 e. The molecule has 1 aromatic heterocycles. The first-order valence-electron chi connectivity index (χ1n) is 8.41. The van der Waals surface area contributed by atoms with Gasteiger partial charge in [-0.3, -0.25) is 4.90 Å². The molecule has 2 nitrogen and oxygen atoms in total. The van der Waals surface area contributed by atoms with Gasteiger partial charge in [-0.2, -0.15) is 0 Å². The highest BCUT2D eigenvalue weighted by Gasteiger charge is 2.34. The van der Waals surface area contributed by atoms with Gasteiger partial charge in [0.05, 0.1) is 0 Å². The second kappa shape index (κ2) is 6.80. The summed E-state index contributed by atoms with van der Waals surface area (Å²) < 4.78 is 0. The Bertz CT molecular complexity index is 440. The molecule has 0 radical (unpaired) electrons. The molecule has 3 heteroatoms. The molecule has 1 N–H and O–H groups in total. The molecule has 1 aliphatic rings. The van der Waals surface area contributed by atoms with E-state index in [1.165, 1.54) is 42.1 Å². The van der Waals surface area contributed by atoms with E-state index >= 15 is 0 Å². The third-order valence-corrected chi connectivity index (χ3v) is 5.98. The van der Waals surface area contributed by atoms with Crippen molar-refractivity contribution in [2.75, 3.05) is 13.1 Å². The quantitative estimate of drug-likeness (QED) is 0.823. The van der Waals surface area contributed by atoms with Crippen LogP contribution in [0.3, 0.4) is 0 Å². The van der Waals surface area contributed by atoms with Gasteiger partial charge in [0.15, 0.2) is 0 Å². The lowest BCUT2D eigenvalue weighted by Gasteiger charge is -2.26. The molecule has 0 amide bonds. The van der Waals surface area contributed by atoms with E-state index in [9.17, 15) is 0 Å². The third kappa shape index (κ3) is 4.80. The second-order valence-electron chi connectivity index (χ2n) is 7.64. The highest BCUT2D eigenvalue weighted by molar-refractivity contribution is 7.11. The Morgan fingerprint density at radius 1 is 1.19 bits per heavy atom. The van der Waals surface area contributed by atoms with Crippen LogP contribution in [0.5, 0.6) is 0 Å². The molecular formula is C18H32N2S. The van der Waals surface area contributed by atoms with Gasteiger partial charge in [0.2, 0.25) is 0 Å². The van der Waals surface area contributed by atoms with Gasteiger partial charge in [0.1, 0.15) is 0 Å². The number of hydrogen-bond acceptors (Lipinski definition) is 3. The van der Waals surface area contributed by atoms with E-state index in [2.05, 4.69) is 57.0 Å². The summed E-state index contributed by atoms with van der Waals surface area (Å²) in [5, 5.41) is 3.57. The van der Waals surface area contributed by atoms with Crippen LogP contribution in [0.4, 0.5) is 0 Å². The van der Waals surface area contributed by atoms with E-state index in [1.54, 1.807) is 0 Å². The Hall–Kier alpha value is -0.380. The van der Waals surface area contributed by atoms with Gasteiger partial charge in [-0.05, 0) is 64.1 Å². The van der Waals surface area contributed by atoms with Crippen LogP contribution in [-0.2, 0) is 13.1 Å². The van der Waals surface area contributed by atoms with E-state index in [1.807, 2.05) is 11.3 Å². The van der Waals surface area contributed by atoms with Crippen LogP contribution in [-0.4, -0.2) is 23.5 Å². The van der Waals surface area contributed by atoms with Crippen LogP contribution in [0, 0.1) is 5.41 Å². The van der Waals surface area contributed by atoms with Crippen LogP contribution in [0.2, 0.25) is 0 Å². The van der Waals surface area contributed by atoms with Crippen LogP contribution in [0.15, 0.2) is 12.1 Å². The summed E-state index contributed by atoms with van der Waals surface area (Å²) >= 11 is 1.97. The number of nitrogens with one attached hydrogen (secondary N) is 1. The summed E-state index contributed by atoms with van der Waals surface area (Å²) in [6.07, 6.45) is 4.03. The minimum atomic E-state index is 0.195. The Morgan fingerprint density at radius 3 is 2.43 bits per heavy atom. The third-order valence-electron chi connectivity index (χ3n) is 4.91. The fraction of sp³-hybridized carbons (Fsp3) is 0.778. The van der Waals surface area contributed by atoms with Crippen LogP contribution < -0.4 is 5.32 Å². The van der Waals surface area contributed by atoms with Crippen LogP contribution in [0.25, 0.3) is 0 Å². The highest BCUT2D eigenvalue weighted by Crippen LogP contribution is 2.37. The van der Waals surface area contributed by atoms with Gasteiger partial charge in [0, 0.05) is 34.9 Å². The minimum absolute atomic E-state index is 0.195. The molecule has 1 aliphatic heterocycles. The van der Waals surface area contributed by atoms with Gasteiger partial charge in [-0.15, -0.1) is 11.3 Å². The van der Waals surface area contributed by atoms with Gasteiger partial charge in [0.25, 0.3) is 0 Å². The Morgan fingerprint density at radius 2 is 1.86 bits per heavy atom. The molecule has 0 atom stereocenters. The first-order valence-corrected chi connectivity index (χ1v) is 9.22. The fourth-order valence-corrected chi connectivity index (χ4v) is 4.17. The number of rotatable bonds is 6. The molecule has 21 heavy (non-hydrogen) atoms. The standard InChI is InChI=1S/C18H32N2S/c1-6-18(7-2)10-11-20(14-18)13-16-9-8-15(21-16)12-19-17(3,4)5/h8-9,19H,6-7,10-14H2,1-5H3. The largest absolute Gasteiger partial charge is 0.307 e. The van der Waals surface area contributed by atoms with Crippen molar-refractivity contribution in [3.63, 3.8) is 0 Å². The normalized spacial score (nSPS) is 19.3. The maximum absolute atomic E-state index is 3.57. The van der Waals surface area contributed by atoms with E-state index in [0.717, 1.165) is 13.1 Å². The van der Waals surface area contributed by atoms with Gasteiger partial charge < -0.3 is 5.32 Å². The van der Waals surface area contributed by atoms with E-state index in [4.69, 9.17) is 0 Å². The monoisotopic (exact) mass is 308 g/mol. The average molecular weight is 309 g/mol. The molecule has 0 unspecified atom stereocenters. The smallest absolute Gasteiger partial charge is 0.0328 e. The lowest BCUT2D eigenvalue weighted by atomic mass is 9.82. The highest BCUT2D eigenvalue weighted by atomic mass is 32.1. The predicted octanol–water partition coefficient (Wildman–Crippen LogP) is 4.65. The lowest BCUT2D eigenvalue weighted by Crippen LogP contribution is -2.34. The minimum Gasteiger partial charge on any atom is -0.307 e. The molecule has 0 aromatic carbocycles. The summed E-state index contributed by atoms with van der Waals surface area (Å²) in [5.74, 6) is 0. The molecule has 0 spiro atoms. The molecule has 1 saturated heterocycles. The van der Waals surface area contributed by atoms with E-state index < -0.39 is 0 Å². The Balaban J connectivity index is 1.86. The molecule has 1 fully saturated rings. The number of thiophene rings is 1. The average Bonchev–Trinajstić information content (AvgIpc) is 3.04. The molecule has 2 heterocycles. The zero-order valence-electron chi connectivity index (χ0n) is 14.5. The molecular weight excluding hydrogens is 276 g/mol. The molecule has 0 bridgehead atoms. The SMILES string of the molecule is CCC1(CC)CCN(Cc2ccc(CNC(C)(C)C)s2)C1. The van der Waals surface area contributed by atoms with Gasteiger partial charge >= 0.3 is 0 Å². The van der Waals surface area contributed by atoms with Gasteiger partial charge in [-0.1, -0.05) is 13.8 Å². The number of likely N-dealkylation sites (tertiary alicyclic amines) is 1. The summed E-state index contributed by atoms with van der Waals surface area (Å²) in [7, 11) is 0. The first kappa shape index (κ1) is 17.0. The summed E-state index contributed by atoms with van der Waals surface area (Å²) in [5.41, 5.74) is 0.787. The Kier molecular flexibility index (Phi) is 5.50. The summed E-state index contributed by atoms with van der Waals surface area (Å²) in [6.45, 7) is 16.1. The number of nitrogens with zero attached hydrogens (tertiary/aromatic N) is 1. The lowest BCUT2D eigenvalue weighted by molar-refractivity contribution is 0.237. The van der Waals surface area contributed by atoms with Crippen molar-refractivity contribution in [3.8, 4) is 0 Å². The van der Waals surface area contributed by atoms with Crippen molar-refractivity contribution in [1.82, 2.24) is 10.2 Å². The van der Waals surface area contributed by atoms with Crippen molar-refractivity contribution in [3.05, 3.63) is 21.9 Å². The molecule has 0 aliphatic carbocycles. The first-order chi connectivity index (χ1) is 9.86. The molecule has 120 valence electrons. The van der Waals surface area contributed by atoms with Crippen molar-refractivity contribution in [2.45, 2.75) is 72.5 Å². The van der Waals surface area contributed by atoms with E-state index in [0.29, 0.717) is 5.41 Å². The predicted molar refractivity (Wildman–Crippen MR) is 93.8 cm³/mol. The van der Waals surface area contributed by atoms with E-state index in [-0.39, 0.29) is 5.54 Å². The van der Waals surface area contributed by atoms with Crippen molar-refractivity contribution >= 4 is 11.3 Å². The topological polar surface area (TPSA) is 15.3 Å². The zero-order chi connectivity index (χ0) is 15.5.